The lowest BCUT2D eigenvalue weighted by molar-refractivity contribution is 0.0185. The third kappa shape index (κ3) is 6.13. The highest BCUT2D eigenvalue weighted by molar-refractivity contribution is 5.68. The van der Waals surface area contributed by atoms with Crippen LogP contribution in [0.2, 0.25) is 0 Å². The van der Waals surface area contributed by atoms with E-state index >= 15 is 0 Å². The molecule has 0 bridgehead atoms. The number of nitrogens with zero attached hydrogens (tertiary/aromatic N) is 1. The lowest BCUT2D eigenvalue weighted by Crippen LogP contribution is -2.39. The van der Waals surface area contributed by atoms with Crippen LogP contribution in [0.1, 0.15) is 39.2 Å². The zero-order valence-corrected chi connectivity index (χ0v) is 14.9. The Morgan fingerprint density at radius 3 is 2.62 bits per heavy atom. The number of amides is 1. The minimum Gasteiger partial charge on any atom is -0.444 e. The van der Waals surface area contributed by atoms with Gasteiger partial charge < -0.3 is 19.5 Å². The van der Waals surface area contributed by atoms with Gasteiger partial charge in [-0.1, -0.05) is 30.3 Å². The summed E-state index contributed by atoms with van der Waals surface area (Å²) in [5.41, 5.74) is 0.618. The van der Waals surface area contributed by atoms with Crippen molar-refractivity contribution < 1.29 is 19.4 Å². The largest absolute Gasteiger partial charge is 0.444 e. The van der Waals surface area contributed by atoms with Gasteiger partial charge in [0.2, 0.25) is 0 Å². The van der Waals surface area contributed by atoms with Crippen LogP contribution in [0.25, 0.3) is 0 Å². The van der Waals surface area contributed by atoms with Crippen LogP contribution in [0.15, 0.2) is 30.3 Å². The molecule has 2 atom stereocenters. The van der Waals surface area contributed by atoms with Gasteiger partial charge in [0.15, 0.2) is 0 Å². The molecule has 1 saturated heterocycles. The molecule has 5 heteroatoms. The maximum absolute atomic E-state index is 12.3. The maximum atomic E-state index is 12.3. The zero-order valence-electron chi connectivity index (χ0n) is 14.9. The van der Waals surface area contributed by atoms with E-state index in [9.17, 15) is 9.90 Å². The molecule has 0 saturated carbocycles. The molecule has 1 aromatic carbocycles. The highest BCUT2D eigenvalue weighted by Gasteiger charge is 2.29. The first kappa shape index (κ1) is 18.7. The van der Waals surface area contributed by atoms with Gasteiger partial charge in [0.1, 0.15) is 5.60 Å². The Kier molecular flexibility index (Phi) is 6.63. The molecule has 0 radical (unpaired) electrons. The first-order valence-electron chi connectivity index (χ1n) is 8.61. The van der Waals surface area contributed by atoms with E-state index in [-0.39, 0.29) is 24.7 Å². The number of benzene rings is 1. The number of likely N-dealkylation sites (tertiary alicyclic amines) is 1. The fraction of sp³-hybridized carbons (Fsp3) is 0.632. The molecular weight excluding hydrogens is 306 g/mol. The van der Waals surface area contributed by atoms with Crippen molar-refractivity contribution in [3.8, 4) is 0 Å². The van der Waals surface area contributed by atoms with Crippen molar-refractivity contribution >= 4 is 6.09 Å². The molecule has 1 N–H and O–H groups in total. The summed E-state index contributed by atoms with van der Waals surface area (Å²) in [6.07, 6.45) is 1.23. The van der Waals surface area contributed by atoms with E-state index < -0.39 is 5.60 Å². The number of aliphatic hydroxyl groups excluding tert-OH is 1. The molecule has 2 unspecified atom stereocenters. The Labute approximate surface area is 144 Å². The molecule has 1 aromatic rings. The molecule has 5 nitrogen and oxygen atoms in total. The van der Waals surface area contributed by atoms with Crippen LogP contribution in [-0.2, 0) is 16.1 Å². The molecule has 1 fully saturated rings. The number of hydrogen-bond donors (Lipinski definition) is 1. The van der Waals surface area contributed by atoms with Gasteiger partial charge in [-0.05, 0) is 39.2 Å². The van der Waals surface area contributed by atoms with Crippen LogP contribution < -0.4 is 0 Å². The Hall–Kier alpha value is -1.59. The van der Waals surface area contributed by atoms with E-state index in [2.05, 4.69) is 0 Å². The molecule has 2 rings (SSSR count). The molecule has 1 amide bonds. The van der Waals surface area contributed by atoms with Crippen LogP contribution in [0.4, 0.5) is 4.79 Å². The van der Waals surface area contributed by atoms with Crippen LogP contribution in [0, 0.1) is 5.92 Å². The normalized spacial score (nSPS) is 22.1. The van der Waals surface area contributed by atoms with Gasteiger partial charge in [0.05, 0.1) is 12.7 Å². The van der Waals surface area contributed by atoms with Crippen molar-refractivity contribution in [2.24, 2.45) is 5.92 Å². The summed E-state index contributed by atoms with van der Waals surface area (Å²) in [5.74, 6) is 0.0146. The lowest BCUT2D eigenvalue weighted by atomic mass is 10.0. The van der Waals surface area contributed by atoms with E-state index in [0.717, 1.165) is 18.4 Å². The van der Waals surface area contributed by atoms with E-state index in [1.165, 1.54) is 0 Å². The van der Waals surface area contributed by atoms with Gasteiger partial charge in [-0.15, -0.1) is 0 Å². The van der Waals surface area contributed by atoms with Gasteiger partial charge in [-0.2, -0.15) is 0 Å². The molecular formula is C19H29NO4. The highest BCUT2D eigenvalue weighted by Crippen LogP contribution is 2.22. The Bertz CT molecular complexity index is 512. The molecule has 0 spiro atoms. The second-order valence-electron chi connectivity index (χ2n) is 7.42. The SMILES string of the molecule is CC(C)(C)OC(=O)N1CCC(OCc2ccccc2)CC(CO)C1. The first-order chi connectivity index (χ1) is 11.4. The fourth-order valence-electron chi connectivity index (χ4n) is 2.83. The smallest absolute Gasteiger partial charge is 0.410 e. The second kappa shape index (κ2) is 8.49. The third-order valence-corrected chi connectivity index (χ3v) is 4.03. The molecule has 134 valence electrons. The number of rotatable bonds is 4. The van der Waals surface area contributed by atoms with Gasteiger partial charge in [0.25, 0.3) is 0 Å². The summed E-state index contributed by atoms with van der Waals surface area (Å²) in [6, 6.07) is 10.0. The number of aliphatic hydroxyl groups is 1. The topological polar surface area (TPSA) is 59.0 Å². The predicted octanol–water partition coefficient (Wildman–Crippen LogP) is 3.21. The van der Waals surface area contributed by atoms with Crippen molar-refractivity contribution in [2.45, 2.75) is 51.9 Å². The summed E-state index contributed by atoms with van der Waals surface area (Å²) in [4.78, 5) is 14.0. The van der Waals surface area contributed by atoms with E-state index in [0.29, 0.717) is 19.7 Å². The second-order valence-corrected chi connectivity index (χ2v) is 7.42. The van der Waals surface area contributed by atoms with Gasteiger partial charge in [-0.3, -0.25) is 0 Å². The van der Waals surface area contributed by atoms with E-state index in [1.807, 2.05) is 51.1 Å². The van der Waals surface area contributed by atoms with E-state index in [4.69, 9.17) is 9.47 Å². The quantitative estimate of drug-likeness (QED) is 0.918. The molecule has 1 aliphatic rings. The number of carbonyl (C=O) groups is 1. The standard InChI is InChI=1S/C19H29NO4/c1-19(2,3)24-18(22)20-10-9-17(11-16(12-20)13-21)23-14-15-7-5-4-6-8-15/h4-8,16-17,21H,9-14H2,1-3H3. The lowest BCUT2D eigenvalue weighted by Gasteiger charge is -2.27. The van der Waals surface area contributed by atoms with Crippen molar-refractivity contribution in [3.63, 3.8) is 0 Å². The Morgan fingerprint density at radius 2 is 2.00 bits per heavy atom. The fourth-order valence-corrected chi connectivity index (χ4v) is 2.83. The number of carbonyl (C=O) groups excluding carboxylic acids is 1. The summed E-state index contributed by atoms with van der Waals surface area (Å²) < 4.78 is 11.5. The van der Waals surface area contributed by atoms with Crippen LogP contribution in [0.5, 0.6) is 0 Å². The van der Waals surface area contributed by atoms with Crippen molar-refractivity contribution in [1.82, 2.24) is 4.90 Å². The molecule has 1 aliphatic heterocycles. The van der Waals surface area contributed by atoms with Gasteiger partial charge in [0, 0.05) is 25.6 Å². The minimum absolute atomic E-state index is 0.0146. The average molecular weight is 335 g/mol. The van der Waals surface area contributed by atoms with Crippen LogP contribution in [-0.4, -0.2) is 47.5 Å². The highest BCUT2D eigenvalue weighted by atomic mass is 16.6. The zero-order chi connectivity index (χ0) is 17.6. The maximum Gasteiger partial charge on any atom is 0.410 e. The van der Waals surface area contributed by atoms with Crippen LogP contribution in [0.3, 0.4) is 0 Å². The molecule has 24 heavy (non-hydrogen) atoms. The third-order valence-electron chi connectivity index (χ3n) is 4.03. The summed E-state index contributed by atoms with van der Waals surface area (Å²) in [6.45, 7) is 7.27. The molecule has 1 heterocycles. The van der Waals surface area contributed by atoms with Gasteiger partial charge >= 0.3 is 6.09 Å². The monoisotopic (exact) mass is 335 g/mol. The molecule has 0 aromatic heterocycles. The summed E-state index contributed by atoms with van der Waals surface area (Å²) in [5, 5.41) is 9.62. The summed E-state index contributed by atoms with van der Waals surface area (Å²) in [7, 11) is 0. The van der Waals surface area contributed by atoms with Crippen molar-refractivity contribution in [1.29, 1.82) is 0 Å². The molecule has 0 aliphatic carbocycles. The Balaban J connectivity index is 1.91. The Morgan fingerprint density at radius 1 is 1.29 bits per heavy atom. The first-order valence-corrected chi connectivity index (χ1v) is 8.61. The minimum atomic E-state index is -0.513. The number of ether oxygens (including phenoxy) is 2. The predicted molar refractivity (Wildman–Crippen MR) is 92.6 cm³/mol. The number of hydrogen-bond acceptors (Lipinski definition) is 4. The average Bonchev–Trinajstić information content (AvgIpc) is 2.75. The summed E-state index contributed by atoms with van der Waals surface area (Å²) >= 11 is 0. The van der Waals surface area contributed by atoms with Gasteiger partial charge in [-0.25, -0.2) is 4.79 Å². The van der Waals surface area contributed by atoms with Crippen molar-refractivity contribution in [2.75, 3.05) is 19.7 Å². The van der Waals surface area contributed by atoms with Crippen molar-refractivity contribution in [3.05, 3.63) is 35.9 Å². The van der Waals surface area contributed by atoms with E-state index in [1.54, 1.807) is 4.90 Å². The van der Waals surface area contributed by atoms with Crippen LogP contribution >= 0.6 is 0 Å².